The van der Waals surface area contributed by atoms with E-state index < -0.39 is 0 Å². The molecule has 5 heteroatoms. The predicted molar refractivity (Wildman–Crippen MR) is 84.9 cm³/mol. The van der Waals surface area contributed by atoms with Gasteiger partial charge in [0.15, 0.2) is 0 Å². The summed E-state index contributed by atoms with van der Waals surface area (Å²) in [7, 11) is 0. The molecule has 3 unspecified atom stereocenters. The molecular weight excluding hydrogens is 266 g/mol. The number of carbonyl (C=O) groups excluding carboxylic acids is 2. The molecule has 3 N–H and O–H groups in total. The predicted octanol–water partition coefficient (Wildman–Crippen LogP) is 1.43. The van der Waals surface area contributed by atoms with E-state index in [0.29, 0.717) is 31.2 Å². The molecule has 3 atom stereocenters. The highest BCUT2D eigenvalue weighted by molar-refractivity contribution is 5.79. The maximum absolute atomic E-state index is 11.9. The molecule has 0 aromatic carbocycles. The Bertz CT molecular complexity index is 327. The number of piperidine rings is 1. The Balaban J connectivity index is 2.14. The lowest BCUT2D eigenvalue weighted by atomic mass is 9.85. The summed E-state index contributed by atoms with van der Waals surface area (Å²) < 4.78 is 0. The second kappa shape index (κ2) is 9.77. The van der Waals surface area contributed by atoms with Crippen LogP contribution >= 0.6 is 0 Å². The van der Waals surface area contributed by atoms with E-state index in [1.807, 2.05) is 13.8 Å². The lowest BCUT2D eigenvalue weighted by Crippen LogP contribution is -2.37. The van der Waals surface area contributed by atoms with Crippen LogP contribution in [0.5, 0.6) is 0 Å². The van der Waals surface area contributed by atoms with Crippen LogP contribution in [0.3, 0.4) is 0 Å². The molecule has 0 spiro atoms. The fourth-order valence-corrected chi connectivity index (χ4v) is 2.66. The number of hydrogen-bond acceptors (Lipinski definition) is 3. The molecule has 1 saturated heterocycles. The third-order valence-corrected chi connectivity index (χ3v) is 4.34. The first-order valence-corrected chi connectivity index (χ1v) is 8.29. The van der Waals surface area contributed by atoms with Gasteiger partial charge in [0.1, 0.15) is 0 Å². The van der Waals surface area contributed by atoms with Crippen molar-refractivity contribution in [1.82, 2.24) is 16.0 Å². The van der Waals surface area contributed by atoms with Gasteiger partial charge in [-0.05, 0) is 51.1 Å². The molecule has 0 bridgehead atoms. The third kappa shape index (κ3) is 7.46. The Morgan fingerprint density at radius 1 is 1.29 bits per heavy atom. The molecule has 1 aliphatic heterocycles. The van der Waals surface area contributed by atoms with Crippen molar-refractivity contribution in [3.63, 3.8) is 0 Å². The summed E-state index contributed by atoms with van der Waals surface area (Å²) in [6, 6.07) is 0.201. The van der Waals surface area contributed by atoms with Gasteiger partial charge in [-0.2, -0.15) is 0 Å². The van der Waals surface area contributed by atoms with Crippen LogP contribution in [0.1, 0.15) is 52.9 Å². The Morgan fingerprint density at radius 2 is 2.05 bits per heavy atom. The average Bonchev–Trinajstić information content (AvgIpc) is 2.47. The first-order chi connectivity index (χ1) is 10.0. The fourth-order valence-electron chi connectivity index (χ4n) is 2.66. The number of carbonyl (C=O) groups is 2. The molecule has 0 radical (unpaired) electrons. The molecule has 1 heterocycles. The average molecular weight is 297 g/mol. The van der Waals surface area contributed by atoms with E-state index in [1.165, 1.54) is 12.8 Å². The zero-order valence-electron chi connectivity index (χ0n) is 13.7. The van der Waals surface area contributed by atoms with Gasteiger partial charge < -0.3 is 16.0 Å². The monoisotopic (exact) mass is 297 g/mol. The van der Waals surface area contributed by atoms with Crippen molar-refractivity contribution in [3.8, 4) is 0 Å². The number of amides is 2. The second-order valence-electron chi connectivity index (χ2n) is 6.26. The van der Waals surface area contributed by atoms with Crippen LogP contribution in [0.15, 0.2) is 0 Å². The topological polar surface area (TPSA) is 70.2 Å². The minimum atomic E-state index is 0.00850. The number of hydrogen-bond donors (Lipinski definition) is 3. The lowest BCUT2D eigenvalue weighted by Gasteiger charge is -2.28. The highest BCUT2D eigenvalue weighted by Gasteiger charge is 2.21. The molecule has 5 nitrogen and oxygen atoms in total. The van der Waals surface area contributed by atoms with Gasteiger partial charge in [-0.15, -0.1) is 0 Å². The number of rotatable bonds is 8. The second-order valence-corrected chi connectivity index (χ2v) is 6.26. The summed E-state index contributed by atoms with van der Waals surface area (Å²) in [6.45, 7) is 8.71. The van der Waals surface area contributed by atoms with E-state index in [2.05, 4.69) is 22.9 Å². The van der Waals surface area contributed by atoms with Crippen LogP contribution in [-0.2, 0) is 9.59 Å². The van der Waals surface area contributed by atoms with Gasteiger partial charge in [0.05, 0.1) is 0 Å². The number of nitrogens with one attached hydrogen (secondary N) is 3. The molecule has 0 saturated carbocycles. The highest BCUT2D eigenvalue weighted by Crippen LogP contribution is 2.22. The van der Waals surface area contributed by atoms with Crippen LogP contribution in [0.25, 0.3) is 0 Å². The Labute approximate surface area is 128 Å². The van der Waals surface area contributed by atoms with Crippen LogP contribution in [0.2, 0.25) is 0 Å². The molecular formula is C16H31N3O2. The lowest BCUT2D eigenvalue weighted by molar-refractivity contribution is -0.123. The molecule has 1 rings (SSSR count). The molecule has 0 aliphatic carbocycles. The quantitative estimate of drug-likeness (QED) is 0.635. The Kier molecular flexibility index (Phi) is 8.35. The Morgan fingerprint density at radius 3 is 2.67 bits per heavy atom. The molecule has 122 valence electrons. The van der Waals surface area contributed by atoms with Crippen molar-refractivity contribution in [2.24, 2.45) is 11.8 Å². The first-order valence-electron chi connectivity index (χ1n) is 8.29. The van der Waals surface area contributed by atoms with E-state index in [9.17, 15) is 9.59 Å². The van der Waals surface area contributed by atoms with Crippen LogP contribution in [0.4, 0.5) is 0 Å². The van der Waals surface area contributed by atoms with Crippen LogP contribution in [0, 0.1) is 11.8 Å². The maximum Gasteiger partial charge on any atom is 0.221 e. The van der Waals surface area contributed by atoms with Gasteiger partial charge in [0.25, 0.3) is 0 Å². The molecule has 0 aromatic heterocycles. The molecule has 21 heavy (non-hydrogen) atoms. The first kappa shape index (κ1) is 18.0. The van der Waals surface area contributed by atoms with E-state index >= 15 is 0 Å². The smallest absolute Gasteiger partial charge is 0.221 e. The molecule has 0 aromatic rings. The summed E-state index contributed by atoms with van der Waals surface area (Å²) in [5.74, 6) is 1.06. The van der Waals surface area contributed by atoms with Gasteiger partial charge in [-0.25, -0.2) is 0 Å². The van der Waals surface area contributed by atoms with Crippen molar-refractivity contribution in [3.05, 3.63) is 0 Å². The fraction of sp³-hybridized carbons (Fsp3) is 0.875. The van der Waals surface area contributed by atoms with E-state index in [0.717, 1.165) is 19.5 Å². The van der Waals surface area contributed by atoms with Crippen molar-refractivity contribution in [2.75, 3.05) is 19.6 Å². The van der Waals surface area contributed by atoms with Crippen LogP contribution in [-0.4, -0.2) is 37.5 Å². The zero-order chi connectivity index (χ0) is 15.7. The molecule has 1 fully saturated rings. The van der Waals surface area contributed by atoms with Gasteiger partial charge in [-0.1, -0.05) is 13.8 Å². The van der Waals surface area contributed by atoms with Crippen molar-refractivity contribution in [1.29, 1.82) is 0 Å². The standard InChI is InChI=1S/C16H31N3O2/c1-4-13(3)19-15(20)7-9-18-16(21)10-12(2)14-6-5-8-17-11-14/h12-14,17H,4-11H2,1-3H3,(H,18,21)(H,19,20). The van der Waals surface area contributed by atoms with E-state index in [4.69, 9.17) is 0 Å². The summed E-state index contributed by atoms with van der Waals surface area (Å²) in [5.41, 5.74) is 0. The van der Waals surface area contributed by atoms with Crippen molar-refractivity contribution < 1.29 is 9.59 Å². The van der Waals surface area contributed by atoms with Crippen molar-refractivity contribution >= 4 is 11.8 Å². The van der Waals surface area contributed by atoms with Crippen LogP contribution < -0.4 is 16.0 Å². The SMILES string of the molecule is CCC(C)NC(=O)CCNC(=O)CC(C)C1CCCNC1. The summed E-state index contributed by atoms with van der Waals surface area (Å²) in [5, 5.41) is 9.14. The van der Waals surface area contributed by atoms with Gasteiger partial charge in [0, 0.05) is 25.4 Å². The normalized spacial score (nSPS) is 21.4. The van der Waals surface area contributed by atoms with E-state index in [-0.39, 0.29) is 17.9 Å². The van der Waals surface area contributed by atoms with E-state index in [1.54, 1.807) is 0 Å². The maximum atomic E-state index is 11.9. The third-order valence-electron chi connectivity index (χ3n) is 4.34. The summed E-state index contributed by atoms with van der Waals surface area (Å²) >= 11 is 0. The van der Waals surface area contributed by atoms with Gasteiger partial charge in [-0.3, -0.25) is 9.59 Å². The summed E-state index contributed by atoms with van der Waals surface area (Å²) in [6.07, 6.45) is 4.24. The Hall–Kier alpha value is -1.10. The molecule has 1 aliphatic rings. The minimum absolute atomic E-state index is 0.00850. The molecule has 2 amide bonds. The minimum Gasteiger partial charge on any atom is -0.356 e. The van der Waals surface area contributed by atoms with Gasteiger partial charge >= 0.3 is 0 Å². The highest BCUT2D eigenvalue weighted by atomic mass is 16.2. The zero-order valence-corrected chi connectivity index (χ0v) is 13.7. The largest absolute Gasteiger partial charge is 0.356 e. The van der Waals surface area contributed by atoms with Gasteiger partial charge in [0.2, 0.25) is 11.8 Å². The summed E-state index contributed by atoms with van der Waals surface area (Å²) in [4.78, 5) is 23.5. The van der Waals surface area contributed by atoms with Crippen molar-refractivity contribution in [2.45, 2.75) is 58.9 Å².